The Morgan fingerprint density at radius 3 is 2.91 bits per heavy atom. The summed E-state index contributed by atoms with van der Waals surface area (Å²) in [4.78, 5) is 23.0. The van der Waals surface area contributed by atoms with Crippen LogP contribution in [0.4, 0.5) is 0 Å². The van der Waals surface area contributed by atoms with Crippen molar-refractivity contribution in [3.05, 3.63) is 47.3 Å². The summed E-state index contributed by atoms with van der Waals surface area (Å²) in [7, 11) is 1.35. The lowest BCUT2D eigenvalue weighted by Crippen LogP contribution is -2.16. The van der Waals surface area contributed by atoms with Gasteiger partial charge in [0, 0.05) is 5.69 Å². The van der Waals surface area contributed by atoms with Crippen LogP contribution in [0.15, 0.2) is 30.5 Å². The number of methoxy groups -OCH3 is 1. The lowest BCUT2D eigenvalue weighted by Gasteiger charge is -2.22. The molecule has 1 aliphatic rings. The highest BCUT2D eigenvalue weighted by molar-refractivity contribution is 5.93. The largest absolute Gasteiger partial charge is 0.481 e. The van der Waals surface area contributed by atoms with E-state index in [2.05, 4.69) is 5.10 Å². The molecule has 1 aliphatic carbocycles. The van der Waals surface area contributed by atoms with Crippen molar-refractivity contribution >= 4 is 11.9 Å². The van der Waals surface area contributed by atoms with Crippen LogP contribution in [0.25, 0.3) is 5.69 Å². The molecule has 120 valence electrons. The Labute approximate surface area is 133 Å². The van der Waals surface area contributed by atoms with E-state index in [0.717, 1.165) is 30.5 Å². The summed E-state index contributed by atoms with van der Waals surface area (Å²) in [6, 6.07) is 7.14. The topological polar surface area (TPSA) is 81.4 Å². The van der Waals surface area contributed by atoms with Crippen molar-refractivity contribution in [1.29, 1.82) is 0 Å². The molecular weight excluding hydrogens is 296 g/mol. The van der Waals surface area contributed by atoms with Gasteiger partial charge in [-0.25, -0.2) is 9.48 Å². The number of rotatable bonds is 4. The molecule has 0 bridgehead atoms. The Hall–Kier alpha value is -2.63. The lowest BCUT2D eigenvalue weighted by molar-refractivity contribution is -0.137. The van der Waals surface area contributed by atoms with Gasteiger partial charge in [0.25, 0.3) is 0 Å². The smallest absolute Gasteiger partial charge is 0.340 e. The van der Waals surface area contributed by atoms with Gasteiger partial charge in [-0.15, -0.1) is 0 Å². The molecule has 1 N–H and O–H groups in total. The lowest BCUT2D eigenvalue weighted by atomic mass is 9.85. The van der Waals surface area contributed by atoms with Crippen LogP contribution < -0.4 is 0 Å². The standard InChI is InChI=1S/C17H18N2O4/c1-23-17(22)12-6-2-3-7-14(12)19-15-8-4-5-11(9-16(20)21)13(15)10-18-19/h2-3,6-7,10-11H,4-5,8-9H2,1H3,(H,20,21). The van der Waals surface area contributed by atoms with Crippen LogP contribution in [0.3, 0.4) is 0 Å². The molecular formula is C17H18N2O4. The molecule has 0 radical (unpaired) electrons. The molecule has 0 amide bonds. The van der Waals surface area contributed by atoms with Crippen LogP contribution in [-0.4, -0.2) is 33.9 Å². The summed E-state index contributed by atoms with van der Waals surface area (Å²) < 4.78 is 6.58. The fourth-order valence-electron chi connectivity index (χ4n) is 3.22. The minimum absolute atomic E-state index is 0.0183. The SMILES string of the molecule is COC(=O)c1ccccc1-n1ncc2c1CCCC2CC(=O)O. The maximum Gasteiger partial charge on any atom is 0.340 e. The molecule has 2 aromatic rings. The number of ether oxygens (including phenoxy) is 1. The summed E-state index contributed by atoms with van der Waals surface area (Å²) in [6.45, 7) is 0. The Morgan fingerprint density at radius 1 is 1.39 bits per heavy atom. The molecule has 3 rings (SSSR count). The van der Waals surface area contributed by atoms with Crippen molar-refractivity contribution in [2.75, 3.05) is 7.11 Å². The zero-order valence-corrected chi connectivity index (χ0v) is 12.9. The van der Waals surface area contributed by atoms with Crippen molar-refractivity contribution in [1.82, 2.24) is 9.78 Å². The molecule has 1 aromatic heterocycles. The fraction of sp³-hybridized carbons (Fsp3) is 0.353. The zero-order chi connectivity index (χ0) is 16.4. The van der Waals surface area contributed by atoms with E-state index in [1.54, 1.807) is 23.0 Å². The number of aromatic nitrogens is 2. The van der Waals surface area contributed by atoms with Gasteiger partial charge in [-0.2, -0.15) is 5.10 Å². The van der Waals surface area contributed by atoms with Crippen molar-refractivity contribution in [3.8, 4) is 5.69 Å². The normalized spacial score (nSPS) is 16.7. The van der Waals surface area contributed by atoms with Gasteiger partial charge in [-0.05, 0) is 42.9 Å². The predicted octanol–water partition coefficient (Wildman–Crippen LogP) is 2.55. The van der Waals surface area contributed by atoms with Crippen LogP contribution in [0.1, 0.15) is 46.8 Å². The first-order valence-electron chi connectivity index (χ1n) is 7.58. The fourth-order valence-corrected chi connectivity index (χ4v) is 3.22. The number of nitrogens with zero attached hydrogens (tertiary/aromatic N) is 2. The molecule has 0 fully saturated rings. The molecule has 0 aliphatic heterocycles. The van der Waals surface area contributed by atoms with Crippen LogP contribution in [-0.2, 0) is 16.0 Å². The van der Waals surface area contributed by atoms with E-state index in [1.807, 2.05) is 12.1 Å². The summed E-state index contributed by atoms with van der Waals surface area (Å²) in [5.41, 5.74) is 3.06. The average molecular weight is 314 g/mol. The van der Waals surface area contributed by atoms with E-state index in [9.17, 15) is 9.59 Å². The van der Waals surface area contributed by atoms with Crippen LogP contribution in [0.2, 0.25) is 0 Å². The van der Waals surface area contributed by atoms with E-state index < -0.39 is 11.9 Å². The van der Waals surface area contributed by atoms with Crippen molar-refractivity contribution in [3.63, 3.8) is 0 Å². The van der Waals surface area contributed by atoms with Crippen molar-refractivity contribution in [2.24, 2.45) is 0 Å². The summed E-state index contributed by atoms with van der Waals surface area (Å²) in [5, 5.41) is 13.5. The Balaban J connectivity index is 2.05. The predicted molar refractivity (Wildman–Crippen MR) is 82.8 cm³/mol. The number of aliphatic carboxylic acids is 1. The zero-order valence-electron chi connectivity index (χ0n) is 12.9. The number of esters is 1. The molecule has 1 unspecified atom stereocenters. The quantitative estimate of drug-likeness (QED) is 0.877. The number of hydrogen-bond acceptors (Lipinski definition) is 4. The maximum atomic E-state index is 12.0. The monoisotopic (exact) mass is 314 g/mol. The Kier molecular flexibility index (Phi) is 4.14. The van der Waals surface area contributed by atoms with Crippen LogP contribution in [0, 0.1) is 0 Å². The minimum Gasteiger partial charge on any atom is -0.481 e. The average Bonchev–Trinajstić information content (AvgIpc) is 2.98. The van der Waals surface area contributed by atoms with E-state index in [0.29, 0.717) is 11.3 Å². The van der Waals surface area contributed by atoms with Crippen molar-refractivity contribution in [2.45, 2.75) is 31.6 Å². The molecule has 23 heavy (non-hydrogen) atoms. The van der Waals surface area contributed by atoms with E-state index >= 15 is 0 Å². The summed E-state index contributed by atoms with van der Waals surface area (Å²) in [5.74, 6) is -1.23. The first-order valence-corrected chi connectivity index (χ1v) is 7.58. The van der Waals surface area contributed by atoms with Gasteiger partial charge < -0.3 is 9.84 Å². The van der Waals surface area contributed by atoms with Gasteiger partial charge >= 0.3 is 11.9 Å². The third-order valence-electron chi connectivity index (χ3n) is 4.27. The number of carbonyl (C=O) groups is 2. The second-order valence-corrected chi connectivity index (χ2v) is 5.65. The van der Waals surface area contributed by atoms with E-state index in [-0.39, 0.29) is 12.3 Å². The first kappa shape index (κ1) is 15.3. The second kappa shape index (κ2) is 6.24. The van der Waals surface area contributed by atoms with Gasteiger partial charge in [-0.3, -0.25) is 4.79 Å². The van der Waals surface area contributed by atoms with Gasteiger partial charge in [0.2, 0.25) is 0 Å². The third kappa shape index (κ3) is 2.84. The minimum atomic E-state index is -0.800. The van der Waals surface area contributed by atoms with Gasteiger partial charge in [-0.1, -0.05) is 12.1 Å². The Morgan fingerprint density at radius 2 is 2.17 bits per heavy atom. The number of carboxylic acid groups (broad SMARTS) is 1. The summed E-state index contributed by atoms with van der Waals surface area (Å²) in [6.07, 6.45) is 4.43. The highest BCUT2D eigenvalue weighted by Crippen LogP contribution is 2.35. The number of para-hydroxylation sites is 1. The number of hydrogen-bond donors (Lipinski definition) is 1. The van der Waals surface area contributed by atoms with Crippen LogP contribution in [0.5, 0.6) is 0 Å². The molecule has 0 saturated heterocycles. The van der Waals surface area contributed by atoms with Crippen molar-refractivity contribution < 1.29 is 19.4 Å². The van der Waals surface area contributed by atoms with Gasteiger partial charge in [0.1, 0.15) is 0 Å². The Bertz CT molecular complexity index is 751. The molecule has 6 heteroatoms. The van der Waals surface area contributed by atoms with Gasteiger partial charge in [0.15, 0.2) is 0 Å². The molecule has 1 atom stereocenters. The number of carbonyl (C=O) groups excluding carboxylic acids is 1. The highest BCUT2D eigenvalue weighted by Gasteiger charge is 2.27. The number of carboxylic acids is 1. The number of fused-ring (bicyclic) bond motifs is 1. The van der Waals surface area contributed by atoms with E-state index in [1.165, 1.54) is 7.11 Å². The maximum absolute atomic E-state index is 12.0. The second-order valence-electron chi connectivity index (χ2n) is 5.65. The molecule has 1 aromatic carbocycles. The van der Waals surface area contributed by atoms with E-state index in [4.69, 9.17) is 9.84 Å². The molecule has 6 nitrogen and oxygen atoms in total. The summed E-state index contributed by atoms with van der Waals surface area (Å²) >= 11 is 0. The highest BCUT2D eigenvalue weighted by atomic mass is 16.5. The number of benzene rings is 1. The third-order valence-corrected chi connectivity index (χ3v) is 4.27. The molecule has 0 saturated carbocycles. The first-order chi connectivity index (χ1) is 11.1. The van der Waals surface area contributed by atoms with Gasteiger partial charge in [0.05, 0.1) is 31.0 Å². The molecule has 0 spiro atoms. The van der Waals surface area contributed by atoms with Crippen LogP contribution >= 0.6 is 0 Å². The molecule has 1 heterocycles.